The third kappa shape index (κ3) is 3.42. The Kier molecular flexibility index (Phi) is 4.20. The fraction of sp³-hybridized carbons (Fsp3) is 0.389. The van der Waals surface area contributed by atoms with Crippen molar-refractivity contribution in [3.8, 4) is 0 Å². The minimum absolute atomic E-state index is 0.358. The molecule has 0 fully saturated rings. The van der Waals surface area contributed by atoms with E-state index in [4.69, 9.17) is 0 Å². The molecule has 21 heavy (non-hydrogen) atoms. The first kappa shape index (κ1) is 14.1. The van der Waals surface area contributed by atoms with Crippen molar-refractivity contribution in [1.29, 1.82) is 0 Å². The summed E-state index contributed by atoms with van der Waals surface area (Å²) in [5, 5.41) is 10.4. The van der Waals surface area contributed by atoms with Crippen molar-refractivity contribution in [1.82, 2.24) is 0 Å². The molecule has 0 saturated heterocycles. The summed E-state index contributed by atoms with van der Waals surface area (Å²) < 4.78 is 2.03. The maximum Gasteiger partial charge on any atom is 0.175 e. The zero-order valence-corrected chi connectivity index (χ0v) is 12.6. The highest BCUT2D eigenvalue weighted by Crippen LogP contribution is 2.28. The lowest BCUT2D eigenvalue weighted by atomic mass is 9.99. The number of nitrogens with zero attached hydrogens (tertiary/aromatic N) is 2. The molecule has 0 saturated carbocycles. The number of aliphatic hydroxyl groups excluding tert-OH is 1. The van der Waals surface area contributed by atoms with Crippen molar-refractivity contribution in [3.05, 3.63) is 59.9 Å². The molecule has 0 aliphatic carbocycles. The van der Waals surface area contributed by atoms with E-state index < -0.39 is 0 Å². The average molecular weight is 283 g/mol. The van der Waals surface area contributed by atoms with Gasteiger partial charge in [0.2, 0.25) is 0 Å². The number of benzene rings is 1. The Bertz CT molecular complexity index is 597. The summed E-state index contributed by atoms with van der Waals surface area (Å²) in [7, 11) is 0. The van der Waals surface area contributed by atoms with Crippen LogP contribution in [0, 0.1) is 6.92 Å². The molecule has 0 radical (unpaired) electrons. The molecule has 110 valence electrons. The van der Waals surface area contributed by atoms with Crippen LogP contribution in [-0.4, -0.2) is 24.3 Å². The molecule has 1 aliphatic heterocycles. The first-order valence-corrected chi connectivity index (χ1v) is 7.69. The van der Waals surface area contributed by atoms with Crippen LogP contribution in [-0.2, 0) is 13.0 Å². The molecule has 1 N–H and O–H groups in total. The molecule has 1 atom stereocenters. The van der Waals surface area contributed by atoms with Crippen LogP contribution in [0.4, 0.5) is 5.69 Å². The number of fused-ring (bicyclic) bond motifs is 1. The van der Waals surface area contributed by atoms with E-state index in [-0.39, 0.29) is 6.10 Å². The Balaban J connectivity index is 1.70. The summed E-state index contributed by atoms with van der Waals surface area (Å²) in [5.41, 5.74) is 4.00. The number of aryl methyl sites for hydroxylation is 2. The Morgan fingerprint density at radius 1 is 1.24 bits per heavy atom. The maximum absolute atomic E-state index is 10.4. The molecule has 3 nitrogen and oxygen atoms in total. The second-order valence-electron chi connectivity index (χ2n) is 5.91. The molecule has 2 aromatic rings. The maximum atomic E-state index is 10.4. The fourth-order valence-corrected chi connectivity index (χ4v) is 3.06. The highest BCUT2D eigenvalue weighted by molar-refractivity contribution is 5.57. The van der Waals surface area contributed by atoms with Gasteiger partial charge in [-0.1, -0.05) is 18.2 Å². The van der Waals surface area contributed by atoms with Gasteiger partial charge in [-0.15, -0.1) is 0 Å². The molecule has 1 unspecified atom stereocenters. The SMILES string of the molecule is Cc1ccc2c(c1)N(CC(O)C[n+]1ccccc1)CCC2. The van der Waals surface area contributed by atoms with Crippen molar-refractivity contribution in [2.45, 2.75) is 32.4 Å². The van der Waals surface area contributed by atoms with Gasteiger partial charge in [0.05, 0.1) is 6.54 Å². The van der Waals surface area contributed by atoms with Crippen molar-refractivity contribution in [3.63, 3.8) is 0 Å². The van der Waals surface area contributed by atoms with Gasteiger partial charge in [-0.2, -0.15) is 0 Å². The standard InChI is InChI=1S/C18H23N2O/c1-15-7-8-16-6-5-11-20(18(16)12-15)14-17(21)13-19-9-3-2-4-10-19/h2-4,7-10,12,17,21H,5-6,11,13-14H2,1H3/q+1. The zero-order chi connectivity index (χ0) is 14.7. The second kappa shape index (κ2) is 6.27. The van der Waals surface area contributed by atoms with Crippen molar-refractivity contribution in [2.75, 3.05) is 18.0 Å². The number of aromatic nitrogens is 1. The predicted octanol–water partition coefficient (Wildman–Crippen LogP) is 2.10. The lowest BCUT2D eigenvalue weighted by Gasteiger charge is -2.32. The Labute approximate surface area is 126 Å². The van der Waals surface area contributed by atoms with Crippen molar-refractivity contribution < 1.29 is 9.67 Å². The first-order valence-electron chi connectivity index (χ1n) is 7.69. The molecule has 3 rings (SSSR count). The van der Waals surface area contributed by atoms with Gasteiger partial charge in [0.15, 0.2) is 18.9 Å². The molecular weight excluding hydrogens is 260 g/mol. The minimum atomic E-state index is -0.358. The van der Waals surface area contributed by atoms with E-state index in [1.54, 1.807) is 0 Å². The molecule has 1 aromatic heterocycles. The molecule has 0 amide bonds. The van der Waals surface area contributed by atoms with E-state index in [1.165, 1.54) is 23.2 Å². The molecule has 0 bridgehead atoms. The van der Waals surface area contributed by atoms with Crippen LogP contribution in [0.25, 0.3) is 0 Å². The fourth-order valence-electron chi connectivity index (χ4n) is 3.06. The summed E-state index contributed by atoms with van der Waals surface area (Å²) in [6.45, 7) is 4.49. The second-order valence-corrected chi connectivity index (χ2v) is 5.91. The topological polar surface area (TPSA) is 27.3 Å². The predicted molar refractivity (Wildman–Crippen MR) is 84.4 cm³/mol. The average Bonchev–Trinajstić information content (AvgIpc) is 2.49. The molecule has 2 heterocycles. The largest absolute Gasteiger partial charge is 0.385 e. The quantitative estimate of drug-likeness (QED) is 0.870. The van der Waals surface area contributed by atoms with E-state index in [1.807, 2.05) is 35.2 Å². The molecule has 0 spiro atoms. The van der Waals surface area contributed by atoms with Gasteiger partial charge < -0.3 is 10.0 Å². The van der Waals surface area contributed by atoms with Gasteiger partial charge in [-0.3, -0.25) is 0 Å². The van der Waals surface area contributed by atoms with Crippen LogP contribution in [0.15, 0.2) is 48.8 Å². The van der Waals surface area contributed by atoms with E-state index in [0.29, 0.717) is 13.1 Å². The third-order valence-corrected chi connectivity index (χ3v) is 4.09. The highest BCUT2D eigenvalue weighted by atomic mass is 16.3. The number of anilines is 1. The minimum Gasteiger partial charge on any atom is -0.385 e. The molecular formula is C18H23N2O+. The van der Waals surface area contributed by atoms with Crippen LogP contribution in [0.5, 0.6) is 0 Å². The zero-order valence-electron chi connectivity index (χ0n) is 12.6. The lowest BCUT2D eigenvalue weighted by Crippen LogP contribution is -2.45. The summed E-state index contributed by atoms with van der Waals surface area (Å²) in [4.78, 5) is 2.33. The number of rotatable bonds is 4. The summed E-state index contributed by atoms with van der Waals surface area (Å²) >= 11 is 0. The van der Waals surface area contributed by atoms with Crippen LogP contribution in [0.2, 0.25) is 0 Å². The molecule has 3 heteroatoms. The molecule has 1 aromatic carbocycles. The Morgan fingerprint density at radius 3 is 2.86 bits per heavy atom. The van der Waals surface area contributed by atoms with Gasteiger partial charge in [0.1, 0.15) is 6.10 Å². The lowest BCUT2D eigenvalue weighted by molar-refractivity contribution is -0.703. The van der Waals surface area contributed by atoms with E-state index in [0.717, 1.165) is 13.0 Å². The summed E-state index contributed by atoms with van der Waals surface area (Å²) in [6, 6.07) is 12.6. The number of pyridine rings is 1. The third-order valence-electron chi connectivity index (χ3n) is 4.09. The highest BCUT2D eigenvalue weighted by Gasteiger charge is 2.21. The Morgan fingerprint density at radius 2 is 2.05 bits per heavy atom. The van der Waals surface area contributed by atoms with E-state index >= 15 is 0 Å². The van der Waals surface area contributed by atoms with E-state index in [2.05, 4.69) is 30.0 Å². The number of hydrogen-bond acceptors (Lipinski definition) is 2. The monoisotopic (exact) mass is 283 g/mol. The van der Waals surface area contributed by atoms with Gasteiger partial charge in [0.25, 0.3) is 0 Å². The first-order chi connectivity index (χ1) is 10.2. The van der Waals surface area contributed by atoms with Crippen LogP contribution in [0.3, 0.4) is 0 Å². The van der Waals surface area contributed by atoms with Gasteiger partial charge in [0, 0.05) is 24.4 Å². The van der Waals surface area contributed by atoms with Crippen LogP contribution >= 0.6 is 0 Å². The van der Waals surface area contributed by atoms with E-state index in [9.17, 15) is 5.11 Å². The normalized spacial score (nSPS) is 15.6. The number of β-amino-alcohol motifs (C(OH)–C–C–N with tert-alkyl or cyclic N) is 1. The molecule has 1 aliphatic rings. The summed E-state index contributed by atoms with van der Waals surface area (Å²) in [5.74, 6) is 0. The summed E-state index contributed by atoms with van der Waals surface area (Å²) in [6.07, 6.45) is 5.95. The van der Waals surface area contributed by atoms with Crippen LogP contribution < -0.4 is 9.47 Å². The number of aliphatic hydroxyl groups is 1. The Hall–Kier alpha value is -1.87. The number of hydrogen-bond donors (Lipinski definition) is 1. The van der Waals surface area contributed by atoms with Gasteiger partial charge in [-0.05, 0) is 37.0 Å². The van der Waals surface area contributed by atoms with Crippen molar-refractivity contribution >= 4 is 5.69 Å². The van der Waals surface area contributed by atoms with Gasteiger partial charge in [-0.25, -0.2) is 4.57 Å². The van der Waals surface area contributed by atoms with Crippen LogP contribution in [0.1, 0.15) is 17.5 Å². The van der Waals surface area contributed by atoms with Crippen molar-refractivity contribution in [2.24, 2.45) is 0 Å². The smallest absolute Gasteiger partial charge is 0.175 e. The van der Waals surface area contributed by atoms with Gasteiger partial charge >= 0.3 is 0 Å².